The molecule has 5 rings (SSSR count). The van der Waals surface area contributed by atoms with E-state index in [-0.39, 0.29) is 30.2 Å². The summed E-state index contributed by atoms with van der Waals surface area (Å²) in [6.07, 6.45) is -10.5. The molecule has 0 aromatic heterocycles. The number of phenolic OH excluding ortho intramolecular Hbond substituents is 1. The number of phenols is 1. The van der Waals surface area contributed by atoms with Gasteiger partial charge in [-0.15, -0.1) is 0 Å². The number of ketones is 4. The van der Waals surface area contributed by atoms with Crippen molar-refractivity contribution in [2.24, 2.45) is 29.4 Å². The second kappa shape index (κ2) is 12.6. The van der Waals surface area contributed by atoms with Crippen molar-refractivity contribution >= 4 is 63.4 Å². The predicted molar refractivity (Wildman–Crippen MR) is 172 cm³/mol. The van der Waals surface area contributed by atoms with Crippen molar-refractivity contribution in [2.75, 3.05) is 43.7 Å². The molecule has 274 valence electrons. The molecule has 3 aliphatic carbocycles. The number of rotatable bonds is 5. The summed E-state index contributed by atoms with van der Waals surface area (Å²) in [6.45, 7) is 0. The highest BCUT2D eigenvalue weighted by molar-refractivity contribution is 7.80. The fourth-order valence-corrected chi connectivity index (χ4v) is 7.69. The molecule has 0 aliphatic heterocycles. The van der Waals surface area contributed by atoms with E-state index in [1.807, 2.05) is 0 Å². The molecular formula is C32H31F6N5O7S. The zero-order valence-electron chi connectivity index (χ0n) is 27.2. The zero-order valence-corrected chi connectivity index (χ0v) is 28.0. The Morgan fingerprint density at radius 3 is 2.00 bits per heavy atom. The van der Waals surface area contributed by atoms with Crippen LogP contribution in [-0.4, -0.2) is 89.1 Å². The average Bonchev–Trinajstić information content (AvgIpc) is 2.98. The number of halogens is 6. The molecule has 0 radical (unpaired) electrons. The lowest BCUT2D eigenvalue weighted by atomic mass is 9.52. The van der Waals surface area contributed by atoms with E-state index in [4.69, 9.17) is 18.0 Å². The van der Waals surface area contributed by atoms with Crippen molar-refractivity contribution in [3.8, 4) is 5.75 Å². The van der Waals surface area contributed by atoms with E-state index in [1.54, 1.807) is 14.1 Å². The van der Waals surface area contributed by atoms with Crippen molar-refractivity contribution in [3.05, 3.63) is 46.5 Å². The number of thiocarbonyl (C=S) groups is 1. The van der Waals surface area contributed by atoms with Gasteiger partial charge in [-0.3, -0.25) is 28.9 Å². The summed E-state index contributed by atoms with van der Waals surface area (Å²) >= 11 is 5.13. The Morgan fingerprint density at radius 2 is 1.51 bits per heavy atom. The number of fused-ring (bicyclic) bond motifs is 3. The Labute approximate surface area is 290 Å². The van der Waals surface area contributed by atoms with Crippen LogP contribution in [0, 0.1) is 23.7 Å². The minimum Gasteiger partial charge on any atom is -0.505 e. The van der Waals surface area contributed by atoms with Gasteiger partial charge in [0, 0.05) is 31.4 Å². The summed E-state index contributed by atoms with van der Waals surface area (Å²) < 4.78 is 80.3. The predicted octanol–water partition coefficient (Wildman–Crippen LogP) is 2.78. The number of alkyl halides is 6. The lowest BCUT2D eigenvalue weighted by molar-refractivity contribution is -0.181. The Balaban J connectivity index is 1.55. The molecule has 6 atom stereocenters. The van der Waals surface area contributed by atoms with Gasteiger partial charge < -0.3 is 31.5 Å². The number of Topliss-reactive ketones (excluding diaryl/α,β-unsaturated/α-hetero) is 4. The molecule has 2 fully saturated rings. The van der Waals surface area contributed by atoms with Crippen LogP contribution in [-0.2, 0) is 38.0 Å². The number of nitrogens with zero attached hydrogens (tertiary/aromatic N) is 2. The Bertz CT molecular complexity index is 1870. The Kier molecular flexibility index (Phi) is 9.26. The normalized spacial score (nSPS) is 26.3. The average molecular weight is 744 g/mol. The monoisotopic (exact) mass is 743 g/mol. The largest absolute Gasteiger partial charge is 0.505 e. The van der Waals surface area contributed by atoms with Crippen molar-refractivity contribution in [3.63, 3.8) is 0 Å². The molecular weight excluding hydrogens is 712 g/mol. The number of nitrogens with two attached hydrogens (primary N) is 1. The summed E-state index contributed by atoms with van der Waals surface area (Å²) in [6, 6.07) is 0.732. The first-order valence-electron chi connectivity index (χ1n) is 15.2. The van der Waals surface area contributed by atoms with Crippen LogP contribution in [0.15, 0.2) is 24.3 Å². The van der Waals surface area contributed by atoms with Gasteiger partial charge in [-0.2, -0.15) is 26.3 Å². The first kappa shape index (κ1) is 37.6. The second-order valence-corrected chi connectivity index (χ2v) is 13.6. The number of aromatic hydroxyl groups is 1. The van der Waals surface area contributed by atoms with Gasteiger partial charge in [-0.25, -0.2) is 0 Å². The molecule has 0 spiro atoms. The molecule has 0 saturated heterocycles. The molecule has 3 aliphatic rings. The molecule has 2 saturated carbocycles. The topological polar surface area (TPSA) is 182 Å². The maximum absolute atomic E-state index is 14.2. The third-order valence-corrected chi connectivity index (χ3v) is 9.82. The van der Waals surface area contributed by atoms with E-state index in [1.165, 1.54) is 30.0 Å². The van der Waals surface area contributed by atoms with Crippen LogP contribution >= 0.6 is 12.2 Å². The van der Waals surface area contributed by atoms with Gasteiger partial charge in [0.15, 0.2) is 39.8 Å². The number of primary amides is 1. The van der Waals surface area contributed by atoms with E-state index in [0.29, 0.717) is 17.8 Å². The SMILES string of the molecule is CN(C)c1cc(NC(=S)Nc2cc(C(F)(F)F)cc(C(F)(F)F)c2)c(O)c2c1C[C@@H]1C[C@@H]3[C@@H](N(C)C)C(=O)C(C(N)=O)C(=O)[C@]3(O)C(=O)C1C2=O. The first-order valence-corrected chi connectivity index (χ1v) is 15.6. The summed E-state index contributed by atoms with van der Waals surface area (Å²) in [5.41, 5.74) is -1.77. The minimum atomic E-state index is -5.14. The summed E-state index contributed by atoms with van der Waals surface area (Å²) in [5.74, 6) is -12.9. The zero-order chi connectivity index (χ0) is 38.3. The van der Waals surface area contributed by atoms with Gasteiger partial charge in [-0.1, -0.05) is 0 Å². The lowest BCUT2D eigenvalue weighted by Gasteiger charge is -2.52. The molecule has 12 nitrogen and oxygen atoms in total. The number of aliphatic hydroxyl groups is 1. The van der Waals surface area contributed by atoms with E-state index in [2.05, 4.69) is 10.6 Å². The molecule has 2 aromatic rings. The van der Waals surface area contributed by atoms with E-state index in [9.17, 15) is 60.5 Å². The van der Waals surface area contributed by atoms with Gasteiger partial charge in [0.2, 0.25) is 5.91 Å². The smallest absolute Gasteiger partial charge is 0.416 e. The van der Waals surface area contributed by atoms with E-state index < -0.39 is 110 Å². The molecule has 2 aromatic carbocycles. The number of carbonyl (C=O) groups is 5. The Morgan fingerprint density at radius 1 is 0.941 bits per heavy atom. The molecule has 51 heavy (non-hydrogen) atoms. The van der Waals surface area contributed by atoms with Gasteiger partial charge >= 0.3 is 12.4 Å². The van der Waals surface area contributed by atoms with E-state index >= 15 is 0 Å². The fraction of sp³-hybridized carbons (Fsp3) is 0.438. The van der Waals surface area contributed by atoms with Crippen molar-refractivity contribution in [2.45, 2.75) is 36.8 Å². The standard InChI is InChI=1S/C32H31F6N5O7S/c1-42(2)18-10-17(41-29(51)40-14-8-12(31(33,34)35)7-13(9-14)32(36,37)38)23(44)20-15(18)5-11-6-16-22(43(3)4)25(46)21(28(39)49)27(48)30(16,50)26(47)19(11)24(20)45/h7-11,16,19,21-22,44,50H,5-6H2,1-4H3,(H2,39,49)(H2,40,41,51)/t11-,16-,19?,21?,22-,30-/m1/s1. The summed E-state index contributed by atoms with van der Waals surface area (Å²) in [7, 11) is 6.04. The molecule has 19 heteroatoms. The van der Waals surface area contributed by atoms with Crippen LogP contribution in [0.1, 0.15) is 33.5 Å². The highest BCUT2D eigenvalue weighted by atomic mass is 32.1. The molecule has 0 heterocycles. The maximum atomic E-state index is 14.2. The van der Waals surface area contributed by atoms with Crippen molar-refractivity contribution < 1.29 is 60.5 Å². The number of amides is 1. The van der Waals surface area contributed by atoms with Crippen LogP contribution in [0.3, 0.4) is 0 Å². The summed E-state index contributed by atoms with van der Waals surface area (Å²) in [5, 5.41) is 27.3. The number of benzene rings is 2. The van der Waals surface area contributed by atoms with Crippen LogP contribution in [0.5, 0.6) is 5.75 Å². The number of likely N-dealkylation sites (N-methyl/N-ethyl adjacent to an activating group) is 1. The maximum Gasteiger partial charge on any atom is 0.416 e. The number of hydrogen-bond acceptors (Lipinski definition) is 10. The highest BCUT2D eigenvalue weighted by Gasteiger charge is 2.69. The third-order valence-electron chi connectivity index (χ3n) is 9.61. The minimum absolute atomic E-state index is 0.0691. The molecule has 6 N–H and O–H groups in total. The van der Waals surface area contributed by atoms with Crippen LogP contribution in [0.4, 0.5) is 43.4 Å². The third kappa shape index (κ3) is 6.20. The first-order chi connectivity index (χ1) is 23.4. The van der Waals surface area contributed by atoms with Crippen LogP contribution < -0.4 is 21.3 Å². The van der Waals surface area contributed by atoms with Crippen molar-refractivity contribution in [1.29, 1.82) is 0 Å². The molecule has 2 unspecified atom stereocenters. The quantitative estimate of drug-likeness (QED) is 0.131. The highest BCUT2D eigenvalue weighted by Crippen LogP contribution is 2.53. The molecule has 1 amide bonds. The second-order valence-electron chi connectivity index (χ2n) is 13.2. The van der Waals surface area contributed by atoms with Gasteiger partial charge in [0.25, 0.3) is 0 Å². The van der Waals surface area contributed by atoms with Gasteiger partial charge in [-0.05, 0) is 74.9 Å². The van der Waals surface area contributed by atoms with Gasteiger partial charge in [0.1, 0.15) is 5.75 Å². The number of nitrogens with one attached hydrogen (secondary N) is 2. The van der Waals surface area contributed by atoms with E-state index in [0.717, 1.165) is 0 Å². The fourth-order valence-electron chi connectivity index (χ4n) is 7.46. The summed E-state index contributed by atoms with van der Waals surface area (Å²) in [4.78, 5) is 70.1. The van der Waals surface area contributed by atoms with Crippen LogP contribution in [0.2, 0.25) is 0 Å². The number of hydrogen-bond donors (Lipinski definition) is 5. The van der Waals surface area contributed by atoms with Gasteiger partial charge in [0.05, 0.1) is 34.3 Å². The lowest BCUT2D eigenvalue weighted by Crippen LogP contribution is -2.74. The molecule has 0 bridgehead atoms. The van der Waals surface area contributed by atoms with Crippen molar-refractivity contribution in [1.82, 2.24) is 4.90 Å². The number of carbonyl (C=O) groups excluding carboxylic acids is 5. The van der Waals surface area contributed by atoms with Crippen LogP contribution in [0.25, 0.3) is 0 Å². The Hall–Kier alpha value is -4.62. The number of anilines is 3.